The van der Waals surface area contributed by atoms with Crippen LogP contribution in [0, 0.1) is 12.8 Å². The van der Waals surface area contributed by atoms with Crippen molar-refractivity contribution in [2.24, 2.45) is 11.7 Å². The highest BCUT2D eigenvalue weighted by Gasteiger charge is 2.28. The average Bonchev–Trinajstić information content (AvgIpc) is 2.70. The fraction of sp³-hybridized carbons (Fsp3) is 0.381. The van der Waals surface area contributed by atoms with E-state index in [9.17, 15) is 9.59 Å². The van der Waals surface area contributed by atoms with Gasteiger partial charge in [-0.1, -0.05) is 36.4 Å². The number of nitrogens with one attached hydrogen (secondary N) is 1. The standard InChI is InChI=1S/C21H26N4O2/c1-15-7-8-19(23-14-15)24-21(27)17-9-11-25(12-10-17)20(26)13-18(22)16-5-3-2-4-6-16/h2-8,14,17-18H,9-13,22H2,1H3,(H,23,24,27). The Bertz CT molecular complexity index is 769. The van der Waals surface area contributed by atoms with Crippen LogP contribution in [0.15, 0.2) is 48.7 Å². The first-order valence-electron chi connectivity index (χ1n) is 9.35. The predicted molar refractivity (Wildman–Crippen MR) is 105 cm³/mol. The van der Waals surface area contributed by atoms with Gasteiger partial charge in [-0.15, -0.1) is 0 Å². The lowest BCUT2D eigenvalue weighted by molar-refractivity contribution is -0.134. The zero-order valence-electron chi connectivity index (χ0n) is 15.6. The zero-order chi connectivity index (χ0) is 19.2. The van der Waals surface area contributed by atoms with Gasteiger partial charge in [0, 0.05) is 37.7 Å². The number of aromatic nitrogens is 1. The summed E-state index contributed by atoms with van der Waals surface area (Å²) in [6.45, 7) is 3.12. The number of anilines is 1. The molecule has 2 aromatic rings. The van der Waals surface area contributed by atoms with E-state index in [4.69, 9.17) is 5.73 Å². The number of hydrogen-bond donors (Lipinski definition) is 2. The Morgan fingerprint density at radius 1 is 1.19 bits per heavy atom. The second-order valence-electron chi connectivity index (χ2n) is 7.09. The Labute approximate surface area is 159 Å². The Hall–Kier alpha value is -2.73. The minimum absolute atomic E-state index is 0.0283. The summed E-state index contributed by atoms with van der Waals surface area (Å²) in [6, 6.07) is 13.1. The van der Waals surface area contributed by atoms with Crippen LogP contribution in [0.4, 0.5) is 5.82 Å². The van der Waals surface area contributed by atoms with Gasteiger partial charge >= 0.3 is 0 Å². The smallest absolute Gasteiger partial charge is 0.228 e. The van der Waals surface area contributed by atoms with E-state index in [1.807, 2.05) is 48.2 Å². The Morgan fingerprint density at radius 2 is 1.89 bits per heavy atom. The van der Waals surface area contributed by atoms with Crippen LogP contribution in [0.5, 0.6) is 0 Å². The topological polar surface area (TPSA) is 88.3 Å². The van der Waals surface area contributed by atoms with Gasteiger partial charge in [0.15, 0.2) is 0 Å². The lowest BCUT2D eigenvalue weighted by Gasteiger charge is -2.32. The number of hydrogen-bond acceptors (Lipinski definition) is 4. The van der Waals surface area contributed by atoms with Crippen LogP contribution in [0.2, 0.25) is 0 Å². The second kappa shape index (κ2) is 8.77. The summed E-state index contributed by atoms with van der Waals surface area (Å²) in [5.41, 5.74) is 8.17. The highest BCUT2D eigenvalue weighted by Crippen LogP contribution is 2.22. The molecule has 0 spiro atoms. The SMILES string of the molecule is Cc1ccc(NC(=O)C2CCN(C(=O)CC(N)c3ccccc3)CC2)nc1. The van der Waals surface area contributed by atoms with Crippen LogP contribution < -0.4 is 11.1 Å². The van der Waals surface area contributed by atoms with Crippen molar-refractivity contribution in [1.82, 2.24) is 9.88 Å². The summed E-state index contributed by atoms with van der Waals surface area (Å²) in [5.74, 6) is 0.489. The summed E-state index contributed by atoms with van der Waals surface area (Å²) >= 11 is 0. The fourth-order valence-corrected chi connectivity index (χ4v) is 3.30. The zero-order valence-corrected chi connectivity index (χ0v) is 15.6. The molecule has 6 nitrogen and oxygen atoms in total. The average molecular weight is 366 g/mol. The quantitative estimate of drug-likeness (QED) is 0.851. The van der Waals surface area contributed by atoms with E-state index in [1.54, 1.807) is 12.3 Å². The number of likely N-dealkylation sites (tertiary alicyclic amines) is 1. The molecule has 1 aromatic carbocycles. The summed E-state index contributed by atoms with van der Waals surface area (Å²) in [4.78, 5) is 31.0. The van der Waals surface area contributed by atoms with Gasteiger partial charge in [-0.05, 0) is 37.0 Å². The number of benzene rings is 1. The number of nitrogens with two attached hydrogens (primary N) is 1. The fourth-order valence-electron chi connectivity index (χ4n) is 3.30. The Balaban J connectivity index is 1.47. The van der Waals surface area contributed by atoms with Gasteiger partial charge in [0.25, 0.3) is 0 Å². The molecule has 27 heavy (non-hydrogen) atoms. The molecule has 1 unspecified atom stereocenters. The maximum Gasteiger partial charge on any atom is 0.228 e. The van der Waals surface area contributed by atoms with Crippen molar-refractivity contribution >= 4 is 17.6 Å². The largest absolute Gasteiger partial charge is 0.343 e. The van der Waals surface area contributed by atoms with Crippen molar-refractivity contribution in [1.29, 1.82) is 0 Å². The van der Waals surface area contributed by atoms with Gasteiger partial charge < -0.3 is 16.0 Å². The maximum absolute atomic E-state index is 12.5. The third-order valence-corrected chi connectivity index (χ3v) is 5.00. The van der Waals surface area contributed by atoms with Crippen molar-refractivity contribution in [3.05, 3.63) is 59.8 Å². The van der Waals surface area contributed by atoms with Crippen LogP contribution in [-0.2, 0) is 9.59 Å². The highest BCUT2D eigenvalue weighted by molar-refractivity contribution is 5.91. The van der Waals surface area contributed by atoms with E-state index < -0.39 is 0 Å². The number of piperidine rings is 1. The monoisotopic (exact) mass is 366 g/mol. The van der Waals surface area contributed by atoms with Crippen molar-refractivity contribution in [3.63, 3.8) is 0 Å². The number of amides is 2. The molecule has 3 rings (SSSR count). The summed E-state index contributed by atoms with van der Waals surface area (Å²) in [7, 11) is 0. The molecule has 2 amide bonds. The Morgan fingerprint density at radius 3 is 2.52 bits per heavy atom. The van der Waals surface area contributed by atoms with Crippen LogP contribution in [-0.4, -0.2) is 34.8 Å². The summed E-state index contributed by atoms with van der Waals surface area (Å²) < 4.78 is 0. The third kappa shape index (κ3) is 5.14. The van der Waals surface area contributed by atoms with E-state index in [0.29, 0.717) is 31.7 Å². The van der Waals surface area contributed by atoms with E-state index in [1.165, 1.54) is 0 Å². The normalized spacial score (nSPS) is 16.0. The molecule has 142 valence electrons. The van der Waals surface area contributed by atoms with Crippen molar-refractivity contribution in [3.8, 4) is 0 Å². The molecule has 0 bridgehead atoms. The van der Waals surface area contributed by atoms with Crippen molar-refractivity contribution < 1.29 is 9.59 Å². The number of carbonyl (C=O) groups is 2. The molecule has 1 fully saturated rings. The van der Waals surface area contributed by atoms with Gasteiger partial charge in [0.05, 0.1) is 0 Å². The molecular formula is C21H26N4O2. The summed E-state index contributed by atoms with van der Waals surface area (Å²) in [6.07, 6.45) is 3.33. The first-order chi connectivity index (χ1) is 13.0. The van der Waals surface area contributed by atoms with E-state index in [0.717, 1.165) is 11.1 Å². The minimum atomic E-state index is -0.299. The maximum atomic E-state index is 12.5. The van der Waals surface area contributed by atoms with Gasteiger partial charge in [-0.2, -0.15) is 0 Å². The van der Waals surface area contributed by atoms with Crippen LogP contribution >= 0.6 is 0 Å². The molecule has 1 aromatic heterocycles. The second-order valence-corrected chi connectivity index (χ2v) is 7.09. The van der Waals surface area contributed by atoms with Crippen molar-refractivity contribution in [2.75, 3.05) is 18.4 Å². The Kier molecular flexibility index (Phi) is 6.19. The molecule has 1 atom stereocenters. The highest BCUT2D eigenvalue weighted by atomic mass is 16.2. The van der Waals surface area contributed by atoms with Crippen LogP contribution in [0.1, 0.15) is 36.4 Å². The summed E-state index contributed by atoms with van der Waals surface area (Å²) in [5, 5.41) is 2.86. The molecule has 3 N–H and O–H groups in total. The van der Waals surface area contributed by atoms with Gasteiger partial charge in [0.1, 0.15) is 5.82 Å². The molecule has 1 aliphatic rings. The molecule has 0 saturated carbocycles. The molecule has 0 aliphatic carbocycles. The lowest BCUT2D eigenvalue weighted by atomic mass is 9.95. The number of carbonyl (C=O) groups excluding carboxylic acids is 2. The first-order valence-corrected chi connectivity index (χ1v) is 9.35. The van der Waals surface area contributed by atoms with E-state index >= 15 is 0 Å². The van der Waals surface area contributed by atoms with Gasteiger partial charge in [-0.3, -0.25) is 9.59 Å². The molecule has 1 aliphatic heterocycles. The molecule has 6 heteroatoms. The molecule has 1 saturated heterocycles. The number of aryl methyl sites for hydroxylation is 1. The molecule has 2 heterocycles. The number of rotatable bonds is 5. The molecular weight excluding hydrogens is 340 g/mol. The molecule has 0 radical (unpaired) electrons. The number of nitrogens with zero attached hydrogens (tertiary/aromatic N) is 2. The minimum Gasteiger partial charge on any atom is -0.343 e. The van der Waals surface area contributed by atoms with Crippen molar-refractivity contribution in [2.45, 2.75) is 32.2 Å². The third-order valence-electron chi connectivity index (χ3n) is 5.00. The lowest BCUT2D eigenvalue weighted by Crippen LogP contribution is -2.42. The van der Waals surface area contributed by atoms with E-state index in [-0.39, 0.29) is 30.2 Å². The first kappa shape index (κ1) is 19.0. The van der Waals surface area contributed by atoms with Crippen LogP contribution in [0.25, 0.3) is 0 Å². The van der Waals surface area contributed by atoms with Gasteiger partial charge in [-0.25, -0.2) is 4.98 Å². The predicted octanol–water partition coefficient (Wildman–Crippen LogP) is 2.66. The van der Waals surface area contributed by atoms with E-state index in [2.05, 4.69) is 10.3 Å². The van der Waals surface area contributed by atoms with Gasteiger partial charge in [0.2, 0.25) is 11.8 Å². The number of pyridine rings is 1. The van der Waals surface area contributed by atoms with Crippen LogP contribution in [0.3, 0.4) is 0 Å².